The molecule has 0 saturated heterocycles. The number of nitrogens with zero attached hydrogens (tertiary/aromatic N) is 1. The summed E-state index contributed by atoms with van der Waals surface area (Å²) < 4.78 is 0. The van der Waals surface area contributed by atoms with Crippen LogP contribution in [-0.4, -0.2) is 11.1 Å². The molecule has 15 heavy (non-hydrogen) atoms. The summed E-state index contributed by atoms with van der Waals surface area (Å²) >= 11 is 3.28. The molecule has 0 aliphatic heterocycles. The van der Waals surface area contributed by atoms with E-state index in [1.54, 1.807) is 12.1 Å². The normalized spacial score (nSPS) is 9.67. The third-order valence-corrected chi connectivity index (χ3v) is 2.84. The van der Waals surface area contributed by atoms with E-state index in [0.29, 0.717) is 22.9 Å². The van der Waals surface area contributed by atoms with E-state index < -0.39 is 5.97 Å². The summed E-state index contributed by atoms with van der Waals surface area (Å²) in [5.41, 5.74) is 2.15. The Balaban J connectivity index is 3.50. The van der Waals surface area contributed by atoms with Gasteiger partial charge in [0.2, 0.25) is 0 Å². The molecule has 0 aliphatic carbocycles. The van der Waals surface area contributed by atoms with Gasteiger partial charge in [0.05, 0.1) is 17.2 Å². The van der Waals surface area contributed by atoms with Gasteiger partial charge in [-0.3, -0.25) is 0 Å². The number of carboxylic acids is 1. The Morgan fingerprint density at radius 3 is 2.67 bits per heavy atom. The van der Waals surface area contributed by atoms with Crippen LogP contribution in [-0.2, 0) is 11.8 Å². The number of hydrogen-bond donors (Lipinski definition) is 1. The van der Waals surface area contributed by atoms with Crippen molar-refractivity contribution in [3.05, 3.63) is 34.4 Å². The second kappa shape index (κ2) is 4.94. The minimum absolute atomic E-state index is 0.221. The lowest BCUT2D eigenvalue weighted by Crippen LogP contribution is -2.05. The number of carbonyl (C=O) groups is 1. The molecule has 0 amide bonds. The van der Waals surface area contributed by atoms with Crippen molar-refractivity contribution in [1.82, 2.24) is 0 Å². The fourth-order valence-electron chi connectivity index (χ4n) is 1.51. The summed E-state index contributed by atoms with van der Waals surface area (Å²) in [6.45, 7) is 1.85. The van der Waals surface area contributed by atoms with Crippen LogP contribution in [0.5, 0.6) is 0 Å². The first kappa shape index (κ1) is 11.7. The molecule has 0 saturated carbocycles. The van der Waals surface area contributed by atoms with Gasteiger partial charge in [0, 0.05) is 5.33 Å². The molecule has 0 aliphatic rings. The number of rotatable bonds is 3. The first-order chi connectivity index (χ1) is 7.15. The van der Waals surface area contributed by atoms with Gasteiger partial charge in [0.25, 0.3) is 0 Å². The van der Waals surface area contributed by atoms with Crippen LogP contribution in [0.3, 0.4) is 0 Å². The van der Waals surface area contributed by atoms with Gasteiger partial charge >= 0.3 is 5.97 Å². The Labute approximate surface area is 96.5 Å². The van der Waals surface area contributed by atoms with Crippen LogP contribution in [0, 0.1) is 11.3 Å². The van der Waals surface area contributed by atoms with Gasteiger partial charge in [0.15, 0.2) is 0 Å². The molecule has 1 aromatic carbocycles. The standard InChI is InChI=1S/C11H10BrNO2/c1-2-8-9(11(14)15)4-3-7(5-12)10(8)6-13/h3-4H,2,5H2,1H3,(H,14,15). The average Bonchev–Trinajstić information content (AvgIpc) is 2.26. The van der Waals surface area contributed by atoms with Crippen molar-refractivity contribution in [3.8, 4) is 6.07 Å². The fraction of sp³-hybridized carbons (Fsp3) is 0.273. The van der Waals surface area contributed by atoms with Gasteiger partial charge in [-0.2, -0.15) is 5.26 Å². The van der Waals surface area contributed by atoms with E-state index in [0.717, 1.165) is 5.56 Å². The van der Waals surface area contributed by atoms with E-state index in [4.69, 9.17) is 10.4 Å². The van der Waals surface area contributed by atoms with E-state index in [1.807, 2.05) is 6.92 Å². The highest BCUT2D eigenvalue weighted by Crippen LogP contribution is 2.21. The van der Waals surface area contributed by atoms with Gasteiger partial charge in [0.1, 0.15) is 0 Å². The Hall–Kier alpha value is -1.34. The zero-order valence-electron chi connectivity index (χ0n) is 8.25. The summed E-state index contributed by atoms with van der Waals surface area (Å²) in [6, 6.07) is 5.30. The molecule has 4 heteroatoms. The van der Waals surface area contributed by atoms with Gasteiger partial charge < -0.3 is 5.11 Å². The lowest BCUT2D eigenvalue weighted by Gasteiger charge is -2.09. The minimum Gasteiger partial charge on any atom is -0.478 e. The number of nitriles is 1. The van der Waals surface area contributed by atoms with Gasteiger partial charge in [-0.25, -0.2) is 4.79 Å². The monoisotopic (exact) mass is 267 g/mol. The van der Waals surface area contributed by atoms with E-state index >= 15 is 0 Å². The van der Waals surface area contributed by atoms with Crippen LogP contribution in [0.15, 0.2) is 12.1 Å². The second-order valence-electron chi connectivity index (χ2n) is 3.03. The van der Waals surface area contributed by atoms with Crippen molar-refractivity contribution in [1.29, 1.82) is 5.26 Å². The average molecular weight is 268 g/mol. The SMILES string of the molecule is CCc1c(C(=O)O)ccc(CBr)c1C#N. The van der Waals surface area contributed by atoms with Crippen molar-refractivity contribution in [2.24, 2.45) is 0 Å². The predicted molar refractivity (Wildman–Crippen MR) is 60.1 cm³/mol. The Morgan fingerprint density at radius 2 is 2.27 bits per heavy atom. The summed E-state index contributed by atoms with van der Waals surface area (Å²) in [5, 5.41) is 18.5. The predicted octanol–water partition coefficient (Wildman–Crippen LogP) is 2.71. The van der Waals surface area contributed by atoms with Gasteiger partial charge in [-0.15, -0.1) is 0 Å². The Kier molecular flexibility index (Phi) is 3.87. The lowest BCUT2D eigenvalue weighted by atomic mass is 9.95. The van der Waals surface area contributed by atoms with Crippen LogP contribution in [0.1, 0.15) is 34.0 Å². The summed E-state index contributed by atoms with van der Waals surface area (Å²) in [4.78, 5) is 10.9. The highest BCUT2D eigenvalue weighted by molar-refractivity contribution is 9.08. The molecular formula is C11H10BrNO2. The third kappa shape index (κ3) is 2.18. The van der Waals surface area contributed by atoms with Crippen molar-refractivity contribution in [2.75, 3.05) is 0 Å². The van der Waals surface area contributed by atoms with Crippen LogP contribution in [0.25, 0.3) is 0 Å². The maximum Gasteiger partial charge on any atom is 0.336 e. The molecule has 1 rings (SSSR count). The minimum atomic E-state index is -0.982. The molecule has 1 aromatic rings. The number of hydrogen-bond acceptors (Lipinski definition) is 2. The van der Waals surface area contributed by atoms with Crippen LogP contribution in [0.4, 0.5) is 0 Å². The topological polar surface area (TPSA) is 61.1 Å². The maximum atomic E-state index is 10.9. The summed E-state index contributed by atoms with van der Waals surface area (Å²) in [6.07, 6.45) is 0.547. The van der Waals surface area contributed by atoms with Crippen LogP contribution < -0.4 is 0 Å². The number of aromatic carboxylic acids is 1. The summed E-state index contributed by atoms with van der Waals surface area (Å²) in [5.74, 6) is -0.982. The summed E-state index contributed by atoms with van der Waals surface area (Å²) in [7, 11) is 0. The zero-order valence-corrected chi connectivity index (χ0v) is 9.84. The molecule has 1 N–H and O–H groups in total. The van der Waals surface area contributed by atoms with E-state index in [2.05, 4.69) is 22.0 Å². The highest BCUT2D eigenvalue weighted by Gasteiger charge is 2.15. The molecule has 0 radical (unpaired) electrons. The van der Waals surface area contributed by atoms with E-state index in [-0.39, 0.29) is 5.56 Å². The van der Waals surface area contributed by atoms with Crippen molar-refractivity contribution in [3.63, 3.8) is 0 Å². The number of carboxylic acid groups (broad SMARTS) is 1. The first-order valence-electron chi connectivity index (χ1n) is 4.49. The Morgan fingerprint density at radius 1 is 1.60 bits per heavy atom. The zero-order chi connectivity index (χ0) is 11.4. The molecule has 0 bridgehead atoms. The van der Waals surface area contributed by atoms with Gasteiger partial charge in [-0.05, 0) is 23.6 Å². The maximum absolute atomic E-state index is 10.9. The molecule has 0 heterocycles. The molecule has 0 atom stereocenters. The number of alkyl halides is 1. The lowest BCUT2D eigenvalue weighted by molar-refractivity contribution is 0.0695. The quantitative estimate of drug-likeness (QED) is 0.857. The number of benzene rings is 1. The molecule has 3 nitrogen and oxygen atoms in total. The molecule has 78 valence electrons. The molecule has 0 unspecified atom stereocenters. The third-order valence-electron chi connectivity index (χ3n) is 2.24. The molecular weight excluding hydrogens is 258 g/mol. The van der Waals surface area contributed by atoms with E-state index in [9.17, 15) is 4.79 Å². The van der Waals surface area contributed by atoms with Crippen LogP contribution in [0.2, 0.25) is 0 Å². The smallest absolute Gasteiger partial charge is 0.336 e. The van der Waals surface area contributed by atoms with Crippen LogP contribution >= 0.6 is 15.9 Å². The highest BCUT2D eigenvalue weighted by atomic mass is 79.9. The molecule has 0 fully saturated rings. The molecule has 0 aromatic heterocycles. The largest absolute Gasteiger partial charge is 0.478 e. The second-order valence-corrected chi connectivity index (χ2v) is 3.59. The van der Waals surface area contributed by atoms with Crippen molar-refractivity contribution in [2.45, 2.75) is 18.7 Å². The first-order valence-corrected chi connectivity index (χ1v) is 5.61. The van der Waals surface area contributed by atoms with Crippen molar-refractivity contribution >= 4 is 21.9 Å². The number of halogens is 1. The Bertz CT molecular complexity index is 435. The van der Waals surface area contributed by atoms with Crippen molar-refractivity contribution < 1.29 is 9.90 Å². The molecule has 0 spiro atoms. The van der Waals surface area contributed by atoms with Gasteiger partial charge in [-0.1, -0.05) is 28.9 Å². The van der Waals surface area contributed by atoms with E-state index in [1.165, 1.54) is 0 Å². The fourth-order valence-corrected chi connectivity index (χ4v) is 1.98.